The molecule has 21 heavy (non-hydrogen) atoms. The lowest BCUT2D eigenvalue weighted by Gasteiger charge is -2.13. The zero-order valence-electron chi connectivity index (χ0n) is 13.7. The van der Waals surface area contributed by atoms with Crippen LogP contribution in [0.2, 0.25) is 0 Å². The molecule has 0 bridgehead atoms. The van der Waals surface area contributed by atoms with Crippen LogP contribution in [0.3, 0.4) is 0 Å². The lowest BCUT2D eigenvalue weighted by Crippen LogP contribution is -2.25. The first-order chi connectivity index (χ1) is 10.3. The van der Waals surface area contributed by atoms with Gasteiger partial charge in [-0.3, -0.25) is 0 Å². The molecule has 0 amide bonds. The van der Waals surface area contributed by atoms with Gasteiger partial charge in [-0.25, -0.2) is 0 Å². The Bertz CT molecular complexity index is 543. The van der Waals surface area contributed by atoms with Gasteiger partial charge in [0.2, 0.25) is 0 Å². The van der Waals surface area contributed by atoms with E-state index in [-0.39, 0.29) is 0 Å². The minimum Gasteiger partial charge on any atom is -0.461 e. The monoisotopic (exact) mass is 287 g/mol. The molecule has 1 unspecified atom stereocenters. The van der Waals surface area contributed by atoms with E-state index >= 15 is 0 Å². The molecule has 2 aromatic rings. The van der Waals surface area contributed by atoms with E-state index in [0.29, 0.717) is 6.04 Å². The molecule has 0 saturated heterocycles. The zero-order valence-corrected chi connectivity index (χ0v) is 13.7. The summed E-state index contributed by atoms with van der Waals surface area (Å²) in [5, 5.41) is 4.93. The van der Waals surface area contributed by atoms with E-state index in [1.165, 1.54) is 43.1 Å². The molecule has 0 saturated carbocycles. The highest BCUT2D eigenvalue weighted by atomic mass is 16.3. The van der Waals surface area contributed by atoms with E-state index in [1.807, 2.05) is 6.07 Å². The summed E-state index contributed by atoms with van der Waals surface area (Å²) < 4.78 is 5.95. The normalized spacial score (nSPS) is 12.9. The van der Waals surface area contributed by atoms with Crippen LogP contribution in [0.4, 0.5) is 0 Å². The molecule has 0 fully saturated rings. The molecule has 0 radical (unpaired) electrons. The van der Waals surface area contributed by atoms with E-state index in [4.69, 9.17) is 4.42 Å². The van der Waals surface area contributed by atoms with Gasteiger partial charge < -0.3 is 9.73 Å². The van der Waals surface area contributed by atoms with Crippen LogP contribution in [0.5, 0.6) is 0 Å². The highest BCUT2D eigenvalue weighted by molar-refractivity contribution is 5.82. The number of hydrogen-bond donors (Lipinski definition) is 1. The second-order valence-corrected chi connectivity index (χ2v) is 5.98. The van der Waals surface area contributed by atoms with Crippen LogP contribution in [-0.2, 0) is 13.0 Å². The van der Waals surface area contributed by atoms with E-state index in [0.717, 1.165) is 24.3 Å². The van der Waals surface area contributed by atoms with Crippen LogP contribution >= 0.6 is 0 Å². The highest BCUT2D eigenvalue weighted by Crippen LogP contribution is 2.26. The Labute approximate surface area is 128 Å². The van der Waals surface area contributed by atoms with E-state index in [2.05, 4.69) is 44.3 Å². The fraction of sp³-hybridized carbons (Fsp3) is 0.579. The van der Waals surface area contributed by atoms with Crippen molar-refractivity contribution in [2.24, 2.45) is 0 Å². The van der Waals surface area contributed by atoms with Crippen LogP contribution in [-0.4, -0.2) is 6.04 Å². The number of rotatable bonds is 9. The Kier molecular flexibility index (Phi) is 6.31. The van der Waals surface area contributed by atoms with Gasteiger partial charge in [-0.1, -0.05) is 57.7 Å². The third kappa shape index (κ3) is 4.34. The third-order valence-electron chi connectivity index (χ3n) is 4.22. The molecule has 1 aromatic carbocycles. The number of aryl methyl sites for hydroxylation is 1. The molecule has 2 nitrogen and oxygen atoms in total. The van der Waals surface area contributed by atoms with Gasteiger partial charge in [-0.2, -0.15) is 0 Å². The van der Waals surface area contributed by atoms with Gasteiger partial charge in [-0.05, 0) is 19.4 Å². The Balaban J connectivity index is 1.93. The maximum atomic E-state index is 5.95. The van der Waals surface area contributed by atoms with E-state index in [1.54, 1.807) is 0 Å². The summed E-state index contributed by atoms with van der Waals surface area (Å²) in [5.41, 5.74) is 2.36. The van der Waals surface area contributed by atoms with E-state index in [9.17, 15) is 0 Å². The van der Waals surface area contributed by atoms with Gasteiger partial charge in [0.15, 0.2) is 0 Å². The van der Waals surface area contributed by atoms with Gasteiger partial charge >= 0.3 is 0 Å². The largest absolute Gasteiger partial charge is 0.461 e. The van der Waals surface area contributed by atoms with Gasteiger partial charge in [-0.15, -0.1) is 0 Å². The van der Waals surface area contributed by atoms with Crippen LogP contribution in [0, 0.1) is 0 Å². The maximum absolute atomic E-state index is 5.95. The van der Waals surface area contributed by atoms with Gasteiger partial charge in [0, 0.05) is 30.0 Å². The Morgan fingerprint density at radius 3 is 2.67 bits per heavy atom. The molecule has 116 valence electrons. The summed E-state index contributed by atoms with van der Waals surface area (Å²) in [4.78, 5) is 0. The molecular weight excluding hydrogens is 258 g/mol. The van der Waals surface area contributed by atoms with Crippen molar-refractivity contribution in [1.82, 2.24) is 5.32 Å². The lowest BCUT2D eigenvalue weighted by molar-refractivity contribution is 0.476. The second kappa shape index (κ2) is 8.23. The van der Waals surface area contributed by atoms with Crippen LogP contribution < -0.4 is 5.32 Å². The SMILES string of the molecule is CCCCCCC(C)NCc1c(CC)oc2ccccc12. The first kappa shape index (κ1) is 16.1. The number of para-hydroxylation sites is 1. The smallest absolute Gasteiger partial charge is 0.134 e. The maximum Gasteiger partial charge on any atom is 0.134 e. The Morgan fingerprint density at radius 1 is 1.10 bits per heavy atom. The summed E-state index contributed by atoms with van der Waals surface area (Å²) in [6.45, 7) is 7.63. The molecule has 1 aromatic heterocycles. The van der Waals surface area contributed by atoms with Crippen molar-refractivity contribution in [2.45, 2.75) is 71.9 Å². The van der Waals surface area contributed by atoms with Crippen molar-refractivity contribution >= 4 is 11.0 Å². The minimum atomic E-state index is 0.570. The minimum absolute atomic E-state index is 0.570. The molecule has 2 heteroatoms. The van der Waals surface area contributed by atoms with Gasteiger partial charge in [0.25, 0.3) is 0 Å². The number of benzene rings is 1. The summed E-state index contributed by atoms with van der Waals surface area (Å²) in [7, 11) is 0. The van der Waals surface area contributed by atoms with Crippen molar-refractivity contribution < 1.29 is 4.42 Å². The average Bonchev–Trinajstić information content (AvgIpc) is 2.87. The Hall–Kier alpha value is -1.28. The predicted octanol–water partition coefficient (Wildman–Crippen LogP) is 5.44. The fourth-order valence-electron chi connectivity index (χ4n) is 2.88. The summed E-state index contributed by atoms with van der Waals surface area (Å²) in [6.07, 6.45) is 7.57. The van der Waals surface area contributed by atoms with Gasteiger partial charge in [0.1, 0.15) is 11.3 Å². The summed E-state index contributed by atoms with van der Waals surface area (Å²) in [5.74, 6) is 1.13. The Morgan fingerprint density at radius 2 is 1.90 bits per heavy atom. The van der Waals surface area contributed by atoms with Crippen molar-refractivity contribution in [3.05, 3.63) is 35.6 Å². The second-order valence-electron chi connectivity index (χ2n) is 5.98. The van der Waals surface area contributed by atoms with Gasteiger partial charge in [0.05, 0.1) is 0 Å². The van der Waals surface area contributed by atoms with Crippen molar-refractivity contribution in [1.29, 1.82) is 0 Å². The number of fused-ring (bicyclic) bond motifs is 1. The standard InChI is InChI=1S/C19H29NO/c1-4-6-7-8-11-15(3)20-14-17-16-12-9-10-13-19(16)21-18(17)5-2/h9-10,12-13,15,20H,4-8,11,14H2,1-3H3. The zero-order chi connectivity index (χ0) is 15.1. The van der Waals surface area contributed by atoms with Crippen molar-refractivity contribution in [3.63, 3.8) is 0 Å². The number of nitrogens with one attached hydrogen (secondary N) is 1. The lowest BCUT2D eigenvalue weighted by atomic mass is 10.1. The molecule has 1 heterocycles. The molecule has 2 rings (SSSR count). The third-order valence-corrected chi connectivity index (χ3v) is 4.22. The number of hydrogen-bond acceptors (Lipinski definition) is 2. The van der Waals surface area contributed by atoms with Crippen molar-refractivity contribution in [3.8, 4) is 0 Å². The molecule has 0 aliphatic carbocycles. The summed E-state index contributed by atoms with van der Waals surface area (Å²) in [6, 6.07) is 8.93. The average molecular weight is 287 g/mol. The summed E-state index contributed by atoms with van der Waals surface area (Å²) >= 11 is 0. The molecule has 0 aliphatic heterocycles. The van der Waals surface area contributed by atoms with Crippen molar-refractivity contribution in [2.75, 3.05) is 0 Å². The molecule has 1 atom stereocenters. The number of unbranched alkanes of at least 4 members (excludes halogenated alkanes) is 3. The first-order valence-corrected chi connectivity index (χ1v) is 8.48. The molecular formula is C19H29NO. The van der Waals surface area contributed by atoms with Crippen LogP contribution in [0.1, 0.15) is 64.2 Å². The topological polar surface area (TPSA) is 25.2 Å². The predicted molar refractivity (Wildman–Crippen MR) is 90.7 cm³/mol. The van der Waals surface area contributed by atoms with Crippen LogP contribution in [0.25, 0.3) is 11.0 Å². The molecule has 0 aliphatic rings. The molecule has 0 spiro atoms. The van der Waals surface area contributed by atoms with Crippen LogP contribution in [0.15, 0.2) is 28.7 Å². The number of furan rings is 1. The first-order valence-electron chi connectivity index (χ1n) is 8.48. The fourth-order valence-corrected chi connectivity index (χ4v) is 2.88. The quantitative estimate of drug-likeness (QED) is 0.621. The highest BCUT2D eigenvalue weighted by Gasteiger charge is 2.13. The van der Waals surface area contributed by atoms with E-state index < -0.39 is 0 Å². The molecule has 1 N–H and O–H groups in total.